The minimum absolute atomic E-state index is 0.205. The molecule has 19 heavy (non-hydrogen) atoms. The maximum atomic E-state index is 5.72. The molecule has 0 aliphatic rings. The van der Waals surface area contributed by atoms with Crippen LogP contribution in [0, 0.1) is 5.92 Å². The van der Waals surface area contributed by atoms with Gasteiger partial charge in [0.15, 0.2) is 0 Å². The zero-order chi connectivity index (χ0) is 14.3. The van der Waals surface area contributed by atoms with Gasteiger partial charge in [0, 0.05) is 7.11 Å². The topological polar surface area (TPSA) is 21.3 Å². The molecule has 1 N–H and O–H groups in total. The molecule has 1 aromatic carbocycles. The monoisotopic (exact) mass is 263 g/mol. The zero-order valence-electron chi connectivity index (χ0n) is 13.1. The number of rotatable bonds is 8. The fraction of sp³-hybridized carbons (Fsp3) is 0.647. The van der Waals surface area contributed by atoms with Crippen LogP contribution in [0.2, 0.25) is 0 Å². The molecule has 108 valence electrons. The Morgan fingerprint density at radius 1 is 1.21 bits per heavy atom. The van der Waals surface area contributed by atoms with E-state index in [-0.39, 0.29) is 12.1 Å². The minimum atomic E-state index is 0.205. The molecular weight excluding hydrogens is 234 g/mol. The third-order valence-corrected chi connectivity index (χ3v) is 3.53. The molecule has 0 radical (unpaired) electrons. The molecule has 2 atom stereocenters. The van der Waals surface area contributed by atoms with Gasteiger partial charge in [0.05, 0.1) is 12.1 Å². The van der Waals surface area contributed by atoms with E-state index in [1.165, 1.54) is 17.5 Å². The first-order chi connectivity index (χ1) is 9.13. The van der Waals surface area contributed by atoms with E-state index in [9.17, 15) is 0 Å². The van der Waals surface area contributed by atoms with Gasteiger partial charge in [-0.1, -0.05) is 58.4 Å². The van der Waals surface area contributed by atoms with Gasteiger partial charge in [-0.15, -0.1) is 0 Å². The van der Waals surface area contributed by atoms with Crippen molar-refractivity contribution in [3.05, 3.63) is 35.4 Å². The predicted molar refractivity (Wildman–Crippen MR) is 82.5 cm³/mol. The molecule has 0 bridgehead atoms. The highest BCUT2D eigenvalue weighted by molar-refractivity contribution is 5.27. The van der Waals surface area contributed by atoms with Crippen molar-refractivity contribution < 1.29 is 4.74 Å². The molecule has 0 aromatic heterocycles. The van der Waals surface area contributed by atoms with Crippen LogP contribution in [0.15, 0.2) is 24.3 Å². The number of hydrogen-bond acceptors (Lipinski definition) is 2. The van der Waals surface area contributed by atoms with Crippen LogP contribution in [0.1, 0.15) is 51.3 Å². The van der Waals surface area contributed by atoms with Crippen LogP contribution in [-0.2, 0) is 11.2 Å². The average molecular weight is 263 g/mol. The molecule has 2 nitrogen and oxygen atoms in total. The van der Waals surface area contributed by atoms with Crippen molar-refractivity contribution in [2.24, 2.45) is 5.92 Å². The number of nitrogens with one attached hydrogen (secondary N) is 1. The average Bonchev–Trinajstić information content (AvgIpc) is 2.39. The first-order valence-electron chi connectivity index (χ1n) is 7.49. The Balaban J connectivity index is 3.00. The van der Waals surface area contributed by atoms with Crippen molar-refractivity contribution in [3.8, 4) is 0 Å². The van der Waals surface area contributed by atoms with E-state index in [2.05, 4.69) is 57.3 Å². The number of ether oxygens (including phenoxy) is 1. The maximum Gasteiger partial charge on any atom is 0.0788 e. The summed E-state index contributed by atoms with van der Waals surface area (Å²) in [6.45, 7) is 9.76. The van der Waals surface area contributed by atoms with Crippen molar-refractivity contribution in [1.82, 2.24) is 5.32 Å². The maximum absolute atomic E-state index is 5.72. The first-order valence-corrected chi connectivity index (χ1v) is 7.49. The summed E-state index contributed by atoms with van der Waals surface area (Å²) in [7, 11) is 1.81. The van der Waals surface area contributed by atoms with Gasteiger partial charge in [-0.05, 0) is 30.0 Å². The van der Waals surface area contributed by atoms with Crippen molar-refractivity contribution in [2.45, 2.75) is 52.7 Å². The van der Waals surface area contributed by atoms with Crippen LogP contribution in [0.4, 0.5) is 0 Å². The van der Waals surface area contributed by atoms with Gasteiger partial charge >= 0.3 is 0 Å². The van der Waals surface area contributed by atoms with Crippen LogP contribution in [-0.4, -0.2) is 19.8 Å². The Bertz CT molecular complexity index is 362. The number of aryl methyl sites for hydroxylation is 1. The van der Waals surface area contributed by atoms with Crippen LogP contribution in [0.25, 0.3) is 0 Å². The highest BCUT2D eigenvalue weighted by Crippen LogP contribution is 2.25. The van der Waals surface area contributed by atoms with Gasteiger partial charge in [0.1, 0.15) is 0 Å². The van der Waals surface area contributed by atoms with Gasteiger partial charge in [-0.25, -0.2) is 0 Å². The molecule has 0 aliphatic heterocycles. The SMILES string of the molecule is CCCc1cccc(C(NCC)C(OC)C(C)C)c1. The van der Waals surface area contributed by atoms with Gasteiger partial charge < -0.3 is 10.1 Å². The van der Waals surface area contributed by atoms with E-state index in [4.69, 9.17) is 4.74 Å². The minimum Gasteiger partial charge on any atom is -0.379 e. The Hall–Kier alpha value is -0.860. The molecule has 0 fully saturated rings. The van der Waals surface area contributed by atoms with E-state index in [0.717, 1.165) is 13.0 Å². The zero-order valence-corrected chi connectivity index (χ0v) is 13.1. The Labute approximate surface area is 118 Å². The quantitative estimate of drug-likeness (QED) is 0.766. The van der Waals surface area contributed by atoms with Crippen LogP contribution in [0.3, 0.4) is 0 Å². The van der Waals surface area contributed by atoms with E-state index in [0.29, 0.717) is 5.92 Å². The lowest BCUT2D eigenvalue weighted by Crippen LogP contribution is -2.36. The summed E-state index contributed by atoms with van der Waals surface area (Å²) < 4.78 is 5.72. The predicted octanol–water partition coefficient (Wildman–Crippen LogP) is 3.96. The Morgan fingerprint density at radius 2 is 1.95 bits per heavy atom. The number of hydrogen-bond donors (Lipinski definition) is 1. The van der Waals surface area contributed by atoms with Gasteiger partial charge in [-0.2, -0.15) is 0 Å². The second kappa shape index (κ2) is 8.34. The molecule has 0 aliphatic carbocycles. The van der Waals surface area contributed by atoms with E-state index in [1.807, 2.05) is 7.11 Å². The van der Waals surface area contributed by atoms with Crippen molar-refractivity contribution >= 4 is 0 Å². The van der Waals surface area contributed by atoms with E-state index < -0.39 is 0 Å². The lowest BCUT2D eigenvalue weighted by atomic mass is 9.92. The third-order valence-electron chi connectivity index (χ3n) is 3.53. The molecule has 2 unspecified atom stereocenters. The van der Waals surface area contributed by atoms with Crippen LogP contribution < -0.4 is 5.32 Å². The number of benzene rings is 1. The largest absolute Gasteiger partial charge is 0.379 e. The molecule has 0 spiro atoms. The number of methoxy groups -OCH3 is 1. The standard InChI is InChI=1S/C17H29NO/c1-6-9-14-10-8-11-15(12-14)16(18-7-2)17(19-5)13(3)4/h8,10-13,16-18H,6-7,9H2,1-5H3. The van der Waals surface area contributed by atoms with Crippen molar-refractivity contribution in [2.75, 3.05) is 13.7 Å². The summed E-state index contributed by atoms with van der Waals surface area (Å²) in [6, 6.07) is 9.18. The summed E-state index contributed by atoms with van der Waals surface area (Å²) in [6.07, 6.45) is 2.54. The number of likely N-dealkylation sites (N-methyl/N-ethyl adjacent to an activating group) is 1. The molecular formula is C17H29NO. The van der Waals surface area contributed by atoms with Gasteiger partial charge in [0.25, 0.3) is 0 Å². The summed E-state index contributed by atoms with van der Waals surface area (Å²) in [4.78, 5) is 0. The fourth-order valence-corrected chi connectivity index (χ4v) is 2.67. The van der Waals surface area contributed by atoms with Gasteiger partial charge in [-0.3, -0.25) is 0 Å². The third kappa shape index (κ3) is 4.63. The first kappa shape index (κ1) is 16.2. The second-order valence-electron chi connectivity index (χ2n) is 5.47. The van der Waals surface area contributed by atoms with Crippen molar-refractivity contribution in [1.29, 1.82) is 0 Å². The highest BCUT2D eigenvalue weighted by atomic mass is 16.5. The smallest absolute Gasteiger partial charge is 0.0788 e. The molecule has 1 rings (SSSR count). The molecule has 0 saturated heterocycles. The molecule has 1 aromatic rings. The van der Waals surface area contributed by atoms with Crippen molar-refractivity contribution in [3.63, 3.8) is 0 Å². The summed E-state index contributed by atoms with van der Waals surface area (Å²) >= 11 is 0. The van der Waals surface area contributed by atoms with E-state index in [1.54, 1.807) is 0 Å². The Morgan fingerprint density at radius 3 is 2.47 bits per heavy atom. The van der Waals surface area contributed by atoms with Crippen LogP contribution >= 0.6 is 0 Å². The lowest BCUT2D eigenvalue weighted by Gasteiger charge is -2.30. The molecule has 0 amide bonds. The molecule has 0 heterocycles. The lowest BCUT2D eigenvalue weighted by molar-refractivity contribution is 0.0331. The fourth-order valence-electron chi connectivity index (χ4n) is 2.67. The molecule has 0 saturated carbocycles. The summed E-state index contributed by atoms with van der Waals surface area (Å²) in [5, 5.41) is 3.58. The highest BCUT2D eigenvalue weighted by Gasteiger charge is 2.25. The second-order valence-corrected chi connectivity index (χ2v) is 5.47. The summed E-state index contributed by atoms with van der Waals surface area (Å²) in [5.74, 6) is 0.490. The normalized spacial score (nSPS) is 14.6. The molecule has 2 heteroatoms. The van der Waals surface area contributed by atoms with Crippen LogP contribution in [0.5, 0.6) is 0 Å². The van der Waals surface area contributed by atoms with Gasteiger partial charge in [0.2, 0.25) is 0 Å². The Kier molecular flexibility index (Phi) is 7.11. The summed E-state index contributed by atoms with van der Waals surface area (Å²) in [5.41, 5.74) is 2.76. The van der Waals surface area contributed by atoms with E-state index >= 15 is 0 Å².